The number of anilines is 1. The van der Waals surface area contributed by atoms with E-state index in [4.69, 9.17) is 0 Å². The van der Waals surface area contributed by atoms with E-state index in [1.54, 1.807) is 0 Å². The van der Waals surface area contributed by atoms with Crippen molar-refractivity contribution in [1.29, 1.82) is 0 Å². The highest BCUT2D eigenvalue weighted by atomic mass is 16.2. The molecule has 0 aromatic heterocycles. The summed E-state index contributed by atoms with van der Waals surface area (Å²) < 4.78 is 0. The highest BCUT2D eigenvalue weighted by Crippen LogP contribution is 2.62. The average Bonchev–Trinajstić information content (AvgIpc) is 3.43. The van der Waals surface area contributed by atoms with Crippen molar-refractivity contribution < 1.29 is 9.59 Å². The number of para-hydroxylation sites is 1. The van der Waals surface area contributed by atoms with Crippen LogP contribution in [0.3, 0.4) is 0 Å². The van der Waals surface area contributed by atoms with Crippen LogP contribution in [-0.4, -0.2) is 24.9 Å². The molecule has 1 aromatic rings. The Labute approximate surface area is 137 Å². The Morgan fingerprint density at radius 3 is 2.78 bits per heavy atom. The van der Waals surface area contributed by atoms with Crippen molar-refractivity contribution in [2.24, 2.45) is 17.8 Å². The molecular formula is C19H24N2O2. The molecule has 4 heteroatoms. The molecule has 1 aliphatic heterocycles. The van der Waals surface area contributed by atoms with Gasteiger partial charge in [-0.05, 0) is 42.7 Å². The Morgan fingerprint density at radius 1 is 1.35 bits per heavy atom. The molecule has 4 nitrogen and oxygen atoms in total. The van der Waals surface area contributed by atoms with Crippen LogP contribution in [0.25, 0.3) is 0 Å². The molecule has 2 saturated carbocycles. The lowest BCUT2D eigenvalue weighted by Crippen LogP contribution is -2.37. The second kappa shape index (κ2) is 5.08. The third-order valence-electron chi connectivity index (χ3n) is 5.40. The minimum Gasteiger partial charge on any atom is -0.356 e. The molecule has 0 radical (unpaired) electrons. The van der Waals surface area contributed by atoms with Crippen LogP contribution in [-0.2, 0) is 15.0 Å². The zero-order valence-electron chi connectivity index (χ0n) is 13.8. The molecule has 1 heterocycles. The minimum absolute atomic E-state index is 0.0372. The Hall–Kier alpha value is -1.84. The Morgan fingerprint density at radius 2 is 2.09 bits per heavy atom. The summed E-state index contributed by atoms with van der Waals surface area (Å²) in [5.74, 6) is 1.06. The number of carbonyl (C=O) groups is 2. The van der Waals surface area contributed by atoms with Gasteiger partial charge < -0.3 is 10.2 Å². The fourth-order valence-corrected chi connectivity index (χ4v) is 3.83. The van der Waals surface area contributed by atoms with E-state index in [1.165, 1.54) is 12.8 Å². The average molecular weight is 312 g/mol. The largest absolute Gasteiger partial charge is 0.356 e. The van der Waals surface area contributed by atoms with Gasteiger partial charge in [-0.25, -0.2) is 0 Å². The van der Waals surface area contributed by atoms with E-state index in [1.807, 2.05) is 29.2 Å². The van der Waals surface area contributed by atoms with Gasteiger partial charge in [-0.15, -0.1) is 0 Å². The topological polar surface area (TPSA) is 49.4 Å². The number of fused-ring (bicyclic) bond motifs is 2. The summed E-state index contributed by atoms with van der Waals surface area (Å²) in [5, 5.41) is 3.00. The van der Waals surface area contributed by atoms with Crippen LogP contribution < -0.4 is 10.2 Å². The number of benzene rings is 1. The molecule has 1 aromatic carbocycles. The Balaban J connectivity index is 1.59. The van der Waals surface area contributed by atoms with Crippen LogP contribution in [0.5, 0.6) is 0 Å². The molecule has 1 N–H and O–H groups in total. The Bertz CT molecular complexity index is 665. The van der Waals surface area contributed by atoms with Crippen molar-refractivity contribution in [2.75, 3.05) is 18.0 Å². The number of hydrogen-bond donors (Lipinski definition) is 1. The van der Waals surface area contributed by atoms with E-state index < -0.39 is 5.41 Å². The van der Waals surface area contributed by atoms with Gasteiger partial charge in [-0.2, -0.15) is 0 Å². The lowest BCUT2D eigenvalue weighted by Gasteiger charge is -2.17. The second-order valence-corrected chi connectivity index (χ2v) is 7.74. The quantitative estimate of drug-likeness (QED) is 0.908. The first-order valence-electron chi connectivity index (χ1n) is 8.73. The predicted octanol–water partition coefficient (Wildman–Crippen LogP) is 2.47. The normalized spacial score (nSPS) is 28.4. The van der Waals surface area contributed by atoms with Gasteiger partial charge in [-0.3, -0.25) is 9.59 Å². The first kappa shape index (κ1) is 14.7. The van der Waals surface area contributed by atoms with Crippen LogP contribution in [0.1, 0.15) is 38.7 Å². The van der Waals surface area contributed by atoms with Gasteiger partial charge in [0.2, 0.25) is 11.8 Å². The molecule has 1 spiro atoms. The lowest BCUT2D eigenvalue weighted by molar-refractivity contribution is -0.126. The molecule has 23 heavy (non-hydrogen) atoms. The van der Waals surface area contributed by atoms with Crippen molar-refractivity contribution in [1.82, 2.24) is 5.32 Å². The van der Waals surface area contributed by atoms with Crippen LogP contribution in [0, 0.1) is 17.8 Å². The van der Waals surface area contributed by atoms with Crippen molar-refractivity contribution in [3.63, 3.8) is 0 Å². The van der Waals surface area contributed by atoms with Crippen molar-refractivity contribution in [3.8, 4) is 0 Å². The molecule has 2 atom stereocenters. The van der Waals surface area contributed by atoms with Gasteiger partial charge in [0.25, 0.3) is 0 Å². The predicted molar refractivity (Wildman–Crippen MR) is 89.2 cm³/mol. The number of rotatable bonds is 5. The first-order valence-corrected chi connectivity index (χ1v) is 8.73. The standard InChI is InChI=1S/C19H24N2O2/c1-12(2)10-20-17(22)15-9-19(15)14-5-3-4-6-16(14)21(18(19)23)11-13-7-8-13/h3-6,12-13,15H,7-11H2,1-2H3,(H,20,22). The summed E-state index contributed by atoms with van der Waals surface area (Å²) in [6, 6.07) is 8.04. The zero-order chi connectivity index (χ0) is 16.2. The number of nitrogens with one attached hydrogen (secondary N) is 1. The van der Waals surface area contributed by atoms with E-state index in [-0.39, 0.29) is 17.7 Å². The molecule has 2 fully saturated rings. The third-order valence-corrected chi connectivity index (χ3v) is 5.40. The highest BCUT2D eigenvalue weighted by molar-refractivity contribution is 6.14. The number of amides is 2. The maximum absolute atomic E-state index is 13.1. The SMILES string of the molecule is CC(C)CNC(=O)C1CC12C(=O)N(CC1CC1)c1ccccc12. The van der Waals surface area contributed by atoms with Crippen molar-refractivity contribution in [2.45, 2.75) is 38.5 Å². The third kappa shape index (κ3) is 2.27. The summed E-state index contributed by atoms with van der Waals surface area (Å²) >= 11 is 0. The monoisotopic (exact) mass is 312 g/mol. The van der Waals surface area contributed by atoms with Crippen LogP contribution in [0.4, 0.5) is 5.69 Å². The molecule has 3 aliphatic rings. The fourth-order valence-electron chi connectivity index (χ4n) is 3.83. The number of nitrogens with zero attached hydrogens (tertiary/aromatic N) is 1. The summed E-state index contributed by atoms with van der Waals surface area (Å²) in [5.41, 5.74) is 1.52. The van der Waals surface area contributed by atoms with E-state index >= 15 is 0 Å². The van der Waals surface area contributed by atoms with E-state index in [0.29, 0.717) is 24.8 Å². The van der Waals surface area contributed by atoms with Crippen LogP contribution in [0.2, 0.25) is 0 Å². The van der Waals surface area contributed by atoms with E-state index in [9.17, 15) is 9.59 Å². The molecule has 122 valence electrons. The van der Waals surface area contributed by atoms with Gasteiger partial charge >= 0.3 is 0 Å². The minimum atomic E-state index is -0.577. The van der Waals surface area contributed by atoms with E-state index in [2.05, 4.69) is 19.2 Å². The summed E-state index contributed by atoms with van der Waals surface area (Å²) in [7, 11) is 0. The van der Waals surface area contributed by atoms with E-state index in [0.717, 1.165) is 17.8 Å². The van der Waals surface area contributed by atoms with Crippen LogP contribution >= 0.6 is 0 Å². The summed E-state index contributed by atoms with van der Waals surface area (Å²) in [4.78, 5) is 27.5. The number of hydrogen-bond acceptors (Lipinski definition) is 2. The van der Waals surface area contributed by atoms with Crippen molar-refractivity contribution in [3.05, 3.63) is 29.8 Å². The van der Waals surface area contributed by atoms with Crippen LogP contribution in [0.15, 0.2) is 24.3 Å². The molecule has 2 aliphatic carbocycles. The second-order valence-electron chi connectivity index (χ2n) is 7.74. The highest BCUT2D eigenvalue weighted by Gasteiger charge is 2.69. The molecule has 0 saturated heterocycles. The van der Waals surface area contributed by atoms with Gasteiger partial charge in [0.05, 0.1) is 11.3 Å². The zero-order valence-corrected chi connectivity index (χ0v) is 13.8. The molecule has 2 amide bonds. The number of carbonyl (C=O) groups excluding carboxylic acids is 2. The molecule has 4 rings (SSSR count). The maximum atomic E-state index is 13.1. The molecular weight excluding hydrogens is 288 g/mol. The van der Waals surface area contributed by atoms with Crippen molar-refractivity contribution >= 4 is 17.5 Å². The van der Waals surface area contributed by atoms with Gasteiger partial charge in [0.1, 0.15) is 0 Å². The van der Waals surface area contributed by atoms with Gasteiger partial charge in [0, 0.05) is 18.8 Å². The molecule has 0 bridgehead atoms. The first-order chi connectivity index (χ1) is 11.0. The summed E-state index contributed by atoms with van der Waals surface area (Å²) in [6.07, 6.45) is 3.10. The smallest absolute Gasteiger partial charge is 0.238 e. The maximum Gasteiger partial charge on any atom is 0.238 e. The van der Waals surface area contributed by atoms with Gasteiger partial charge in [0.15, 0.2) is 0 Å². The fraction of sp³-hybridized carbons (Fsp3) is 0.579. The lowest BCUT2D eigenvalue weighted by atomic mass is 9.94. The summed E-state index contributed by atoms with van der Waals surface area (Å²) in [6.45, 7) is 5.65. The molecule has 2 unspecified atom stereocenters. The van der Waals surface area contributed by atoms with Gasteiger partial charge in [-0.1, -0.05) is 32.0 Å². The Kier molecular flexibility index (Phi) is 3.26.